The molecule has 0 spiro atoms. The van der Waals surface area contributed by atoms with Crippen LogP contribution in [-0.2, 0) is 19.1 Å². The first-order valence-electron chi connectivity index (χ1n) is 16.7. The summed E-state index contributed by atoms with van der Waals surface area (Å²) in [5.74, 6) is 6.32. The lowest BCUT2D eigenvalue weighted by molar-refractivity contribution is -0.188. The van der Waals surface area contributed by atoms with Crippen molar-refractivity contribution in [3.05, 3.63) is 0 Å². The van der Waals surface area contributed by atoms with Crippen LogP contribution in [0.3, 0.4) is 0 Å². The highest BCUT2D eigenvalue weighted by atomic mass is 16.5. The second-order valence-corrected chi connectivity index (χ2v) is 17.0. The van der Waals surface area contributed by atoms with Crippen molar-refractivity contribution < 1.29 is 19.1 Å². The number of hydrogen-bond acceptors (Lipinski definition) is 4. The van der Waals surface area contributed by atoms with Crippen LogP contribution in [0.25, 0.3) is 0 Å². The van der Waals surface area contributed by atoms with Gasteiger partial charge in [-0.3, -0.25) is 9.59 Å². The van der Waals surface area contributed by atoms with Gasteiger partial charge in [0.1, 0.15) is 0 Å². The fourth-order valence-electron chi connectivity index (χ4n) is 14.4. The number of ether oxygens (including phenoxy) is 2. The summed E-state index contributed by atoms with van der Waals surface area (Å²) in [5.41, 5.74) is -0.251. The lowest BCUT2D eigenvalue weighted by Gasteiger charge is -2.56. The van der Waals surface area contributed by atoms with Crippen molar-refractivity contribution in [1.82, 2.24) is 0 Å². The third kappa shape index (κ3) is 3.10. The maximum Gasteiger partial charge on any atom is 0.312 e. The van der Waals surface area contributed by atoms with E-state index < -0.39 is 0 Å². The largest absolute Gasteiger partial charge is 0.465 e. The lowest BCUT2D eigenvalue weighted by Crippen LogP contribution is -2.53. The monoisotopic (exact) mass is 520 g/mol. The van der Waals surface area contributed by atoms with E-state index in [-0.39, 0.29) is 33.6 Å². The molecule has 0 aromatic carbocycles. The van der Waals surface area contributed by atoms with Crippen LogP contribution in [0, 0.1) is 69.0 Å². The molecule has 208 valence electrons. The van der Waals surface area contributed by atoms with Crippen molar-refractivity contribution in [1.29, 1.82) is 0 Å². The Morgan fingerprint density at radius 2 is 1.05 bits per heavy atom. The van der Waals surface area contributed by atoms with Gasteiger partial charge in [0, 0.05) is 10.8 Å². The van der Waals surface area contributed by atoms with E-state index in [1.165, 1.54) is 64.2 Å². The van der Waals surface area contributed by atoms with Gasteiger partial charge in [-0.25, -0.2) is 0 Å². The highest BCUT2D eigenvalue weighted by Crippen LogP contribution is 2.73. The Bertz CT molecular complexity index is 975. The van der Waals surface area contributed by atoms with Crippen LogP contribution in [0.1, 0.15) is 116 Å². The molecule has 11 saturated carbocycles. The third-order valence-electron chi connectivity index (χ3n) is 15.0. The summed E-state index contributed by atoms with van der Waals surface area (Å²) in [4.78, 5) is 27.7. The molecule has 0 amide bonds. The van der Waals surface area contributed by atoms with Crippen LogP contribution >= 0.6 is 0 Å². The number of carbonyl (C=O) groups is 2. The fourth-order valence-corrected chi connectivity index (χ4v) is 14.4. The Kier molecular flexibility index (Phi) is 4.86. The van der Waals surface area contributed by atoms with E-state index in [4.69, 9.17) is 9.47 Å². The molecule has 0 N–H and O–H groups in total. The molecule has 0 aromatic rings. The quantitative estimate of drug-likeness (QED) is 0.351. The molecule has 0 saturated heterocycles. The molecule has 0 aromatic heterocycles. The molecule has 0 aliphatic heterocycles. The average molecular weight is 521 g/mol. The summed E-state index contributed by atoms with van der Waals surface area (Å²) in [6, 6.07) is 0. The van der Waals surface area contributed by atoms with E-state index >= 15 is 0 Å². The predicted octanol–water partition coefficient (Wildman–Crippen LogP) is 7.09. The maximum atomic E-state index is 13.9. The zero-order valence-corrected chi connectivity index (χ0v) is 23.4. The first-order valence-corrected chi connectivity index (χ1v) is 16.7. The van der Waals surface area contributed by atoms with Crippen molar-refractivity contribution in [3.63, 3.8) is 0 Å². The number of fused-ring (bicyclic) bond motifs is 5. The summed E-state index contributed by atoms with van der Waals surface area (Å²) < 4.78 is 13.0. The minimum absolute atomic E-state index is 0.0402. The molecular weight excluding hydrogens is 472 g/mol. The lowest BCUT2D eigenvalue weighted by atomic mass is 9.49. The number of esters is 2. The van der Waals surface area contributed by atoms with Gasteiger partial charge in [-0.1, -0.05) is 6.42 Å². The summed E-state index contributed by atoms with van der Waals surface area (Å²) >= 11 is 0. The van der Waals surface area contributed by atoms with Crippen LogP contribution in [0.4, 0.5) is 0 Å². The van der Waals surface area contributed by atoms with E-state index in [1.54, 1.807) is 0 Å². The molecule has 10 bridgehead atoms. The van der Waals surface area contributed by atoms with Gasteiger partial charge < -0.3 is 9.47 Å². The van der Waals surface area contributed by atoms with Gasteiger partial charge in [0.05, 0.1) is 24.0 Å². The molecule has 4 heteroatoms. The zero-order valence-electron chi connectivity index (χ0n) is 23.4. The Hall–Kier alpha value is -1.06. The molecule has 0 heterocycles. The summed E-state index contributed by atoms with van der Waals surface area (Å²) in [6.45, 7) is 1.19. The zero-order chi connectivity index (χ0) is 25.3. The highest BCUT2D eigenvalue weighted by molar-refractivity contribution is 5.78. The van der Waals surface area contributed by atoms with Crippen LogP contribution < -0.4 is 0 Å². The third-order valence-corrected chi connectivity index (χ3v) is 15.0. The first kappa shape index (κ1) is 23.6. The molecule has 4 unspecified atom stereocenters. The Balaban J connectivity index is 0.935. The first-order chi connectivity index (χ1) is 18.4. The highest BCUT2D eigenvalue weighted by Gasteiger charge is 2.69. The van der Waals surface area contributed by atoms with Gasteiger partial charge in [-0.2, -0.15) is 0 Å². The molecule has 4 nitrogen and oxygen atoms in total. The maximum absolute atomic E-state index is 13.9. The Morgan fingerprint density at radius 1 is 0.579 bits per heavy atom. The second-order valence-electron chi connectivity index (χ2n) is 17.0. The second kappa shape index (κ2) is 7.81. The van der Waals surface area contributed by atoms with Gasteiger partial charge in [0.25, 0.3) is 0 Å². The van der Waals surface area contributed by atoms with Crippen molar-refractivity contribution in [2.24, 2.45) is 69.0 Å². The van der Waals surface area contributed by atoms with Gasteiger partial charge in [0.15, 0.2) is 0 Å². The topological polar surface area (TPSA) is 52.6 Å². The van der Waals surface area contributed by atoms with E-state index in [0.717, 1.165) is 92.8 Å². The molecule has 0 radical (unpaired) electrons. The number of hydrogen-bond donors (Lipinski definition) is 0. The van der Waals surface area contributed by atoms with Gasteiger partial charge >= 0.3 is 11.9 Å². The Labute approximate surface area is 228 Å². The molecule has 11 aliphatic rings. The number of carbonyl (C=O) groups excluding carboxylic acids is 2. The van der Waals surface area contributed by atoms with Crippen molar-refractivity contribution in [2.45, 2.75) is 116 Å². The van der Waals surface area contributed by atoms with Crippen LogP contribution in [0.15, 0.2) is 0 Å². The Morgan fingerprint density at radius 3 is 1.55 bits per heavy atom. The molecule has 38 heavy (non-hydrogen) atoms. The van der Waals surface area contributed by atoms with E-state index in [9.17, 15) is 9.59 Å². The van der Waals surface area contributed by atoms with Crippen molar-refractivity contribution >= 4 is 11.9 Å². The summed E-state index contributed by atoms with van der Waals surface area (Å²) in [5, 5.41) is 0. The molecule has 11 aliphatic carbocycles. The summed E-state index contributed by atoms with van der Waals surface area (Å²) in [6.07, 6.45) is 22.0. The smallest absolute Gasteiger partial charge is 0.312 e. The predicted molar refractivity (Wildman–Crippen MR) is 143 cm³/mol. The summed E-state index contributed by atoms with van der Waals surface area (Å²) in [7, 11) is 0. The van der Waals surface area contributed by atoms with Crippen molar-refractivity contribution in [2.75, 3.05) is 13.2 Å². The normalized spacial score (nSPS) is 56.4. The van der Waals surface area contributed by atoms with E-state index in [1.807, 2.05) is 0 Å². The van der Waals surface area contributed by atoms with Crippen molar-refractivity contribution in [3.8, 4) is 0 Å². The number of rotatable bonds is 6. The molecule has 4 atom stereocenters. The van der Waals surface area contributed by atoms with Gasteiger partial charge in [-0.15, -0.1) is 0 Å². The van der Waals surface area contributed by atoms with Crippen LogP contribution in [-0.4, -0.2) is 25.2 Å². The van der Waals surface area contributed by atoms with Gasteiger partial charge in [0.2, 0.25) is 0 Å². The van der Waals surface area contributed by atoms with E-state index in [2.05, 4.69) is 0 Å². The van der Waals surface area contributed by atoms with Crippen LogP contribution in [0.5, 0.6) is 0 Å². The minimum Gasteiger partial charge on any atom is -0.465 e. The molecule has 11 fully saturated rings. The molecule has 11 rings (SSSR count). The average Bonchev–Trinajstić information content (AvgIpc) is 3.56. The van der Waals surface area contributed by atoms with Crippen LogP contribution in [0.2, 0.25) is 0 Å². The standard InChI is InChI=1S/C34H48O4/c35-29(31-12-21-6-22(13-31)8-23(7-21)14-31)37-19-33-5-3-27(18-33)28-2-1-4-34(28,33)20-38-30(36)32-15-24-9-25(16-32)11-26(10-24)17-32/h21-28H,1-20H2. The van der Waals surface area contributed by atoms with Gasteiger partial charge in [-0.05, 0) is 156 Å². The SMILES string of the molecule is O=C(OCC12CCC(C1)C1CCCC12COC(=O)C12CC3CC(CC(C3)C1)C2)C12CC3CC(CC(C3)C1)C2. The molecular formula is C34H48O4. The fraction of sp³-hybridized carbons (Fsp3) is 0.941. The minimum atomic E-state index is -0.171. The van der Waals surface area contributed by atoms with E-state index in [0.29, 0.717) is 19.1 Å².